The Morgan fingerprint density at radius 2 is 2.14 bits per heavy atom. The van der Waals surface area contributed by atoms with E-state index in [4.69, 9.17) is 10.5 Å². The molecule has 3 nitrogen and oxygen atoms in total. The van der Waals surface area contributed by atoms with Crippen LogP contribution in [0, 0.1) is 11.8 Å². The monoisotopic (exact) mass is 199 g/mol. The van der Waals surface area contributed by atoms with Gasteiger partial charge in [0.2, 0.25) is 0 Å². The summed E-state index contributed by atoms with van der Waals surface area (Å²) in [5.41, 5.74) is 5.51. The Morgan fingerprint density at radius 1 is 1.50 bits per heavy atom. The molecule has 1 heterocycles. The molecule has 0 spiro atoms. The molecule has 1 fully saturated rings. The Morgan fingerprint density at radius 3 is 2.71 bits per heavy atom. The predicted octanol–water partition coefficient (Wildman–Crippen LogP) is 1.36. The van der Waals surface area contributed by atoms with Gasteiger partial charge in [0, 0.05) is 25.6 Å². The Labute approximate surface area is 86.0 Å². The molecule has 3 heteroatoms. The lowest BCUT2D eigenvalue weighted by atomic mass is 9.91. The molecule has 1 saturated heterocycles. The van der Waals surface area contributed by atoms with E-state index < -0.39 is 0 Å². The lowest BCUT2D eigenvalue weighted by Gasteiger charge is -2.21. The summed E-state index contributed by atoms with van der Waals surface area (Å²) in [5.74, 6) is 1.14. The summed E-state index contributed by atoms with van der Waals surface area (Å²) in [6.07, 6.45) is 3.46. The van der Waals surface area contributed by atoms with Gasteiger partial charge in [0.25, 0.3) is 0 Å². The summed E-state index contributed by atoms with van der Waals surface area (Å²) in [6, 6.07) is 0. The third-order valence-corrected chi connectivity index (χ3v) is 2.96. The number of nitrogens with two attached hydrogens (primary N) is 1. The topological polar surface area (TPSA) is 52.3 Å². The fraction of sp³-hybridized carbons (Fsp3) is 0.909. The molecule has 0 bridgehead atoms. The molecule has 82 valence electrons. The fourth-order valence-corrected chi connectivity index (χ4v) is 1.73. The van der Waals surface area contributed by atoms with Crippen LogP contribution in [-0.4, -0.2) is 25.5 Å². The van der Waals surface area contributed by atoms with Crippen molar-refractivity contribution in [1.82, 2.24) is 0 Å². The summed E-state index contributed by atoms with van der Waals surface area (Å²) >= 11 is 0. The first-order valence-corrected chi connectivity index (χ1v) is 5.54. The van der Waals surface area contributed by atoms with E-state index in [-0.39, 0.29) is 5.92 Å². The molecule has 1 aliphatic rings. The van der Waals surface area contributed by atoms with Crippen LogP contribution in [0.2, 0.25) is 0 Å². The lowest BCUT2D eigenvalue weighted by molar-refractivity contribution is -0.125. The third kappa shape index (κ3) is 3.76. The van der Waals surface area contributed by atoms with Crippen molar-refractivity contribution in [2.24, 2.45) is 17.6 Å². The highest BCUT2D eigenvalue weighted by Gasteiger charge is 2.21. The summed E-state index contributed by atoms with van der Waals surface area (Å²) in [4.78, 5) is 11.7. The molecule has 2 N–H and O–H groups in total. The van der Waals surface area contributed by atoms with Gasteiger partial charge in [-0.15, -0.1) is 0 Å². The van der Waals surface area contributed by atoms with Gasteiger partial charge in [-0.2, -0.15) is 0 Å². The zero-order chi connectivity index (χ0) is 10.4. The highest BCUT2D eigenvalue weighted by molar-refractivity contribution is 5.81. The summed E-state index contributed by atoms with van der Waals surface area (Å²) < 4.78 is 5.22. The first kappa shape index (κ1) is 11.7. The number of hydrogen-bond donors (Lipinski definition) is 1. The Kier molecular flexibility index (Phi) is 5.12. The van der Waals surface area contributed by atoms with E-state index in [2.05, 4.69) is 6.92 Å². The van der Waals surface area contributed by atoms with Crippen molar-refractivity contribution in [1.29, 1.82) is 0 Å². The average Bonchev–Trinajstić information content (AvgIpc) is 2.26. The van der Waals surface area contributed by atoms with Crippen molar-refractivity contribution in [2.45, 2.75) is 32.6 Å². The normalized spacial score (nSPS) is 20.7. The van der Waals surface area contributed by atoms with Gasteiger partial charge in [0.1, 0.15) is 5.78 Å². The van der Waals surface area contributed by atoms with Gasteiger partial charge >= 0.3 is 0 Å². The minimum atomic E-state index is 0.258. The summed E-state index contributed by atoms with van der Waals surface area (Å²) in [7, 11) is 0. The number of hydrogen-bond acceptors (Lipinski definition) is 3. The van der Waals surface area contributed by atoms with Crippen LogP contribution in [-0.2, 0) is 9.53 Å². The standard InChI is InChI=1S/C11H21NO2/c1-9(8-12)2-3-11(13)10-4-6-14-7-5-10/h9-10H,2-8,12H2,1H3. The van der Waals surface area contributed by atoms with Crippen LogP contribution in [0.5, 0.6) is 0 Å². The number of rotatable bonds is 5. The second-order valence-electron chi connectivity index (χ2n) is 4.23. The number of carbonyl (C=O) groups excluding carboxylic acids is 1. The minimum absolute atomic E-state index is 0.258. The average molecular weight is 199 g/mol. The molecule has 0 radical (unpaired) electrons. The SMILES string of the molecule is CC(CN)CCC(=O)C1CCOCC1. The van der Waals surface area contributed by atoms with Gasteiger partial charge in [0.05, 0.1) is 0 Å². The van der Waals surface area contributed by atoms with Gasteiger partial charge in [0.15, 0.2) is 0 Å². The maximum absolute atomic E-state index is 11.7. The molecule has 1 atom stereocenters. The predicted molar refractivity (Wildman–Crippen MR) is 56.0 cm³/mol. The second-order valence-corrected chi connectivity index (χ2v) is 4.23. The lowest BCUT2D eigenvalue weighted by Crippen LogP contribution is -2.24. The molecular weight excluding hydrogens is 178 g/mol. The van der Waals surface area contributed by atoms with E-state index in [0.717, 1.165) is 32.5 Å². The molecule has 14 heavy (non-hydrogen) atoms. The first-order chi connectivity index (χ1) is 6.74. The molecule has 0 aliphatic carbocycles. The van der Waals surface area contributed by atoms with Crippen LogP contribution in [0.4, 0.5) is 0 Å². The number of ether oxygens (including phenoxy) is 1. The Balaban J connectivity index is 2.19. The quantitative estimate of drug-likeness (QED) is 0.727. The van der Waals surface area contributed by atoms with Crippen LogP contribution in [0.1, 0.15) is 32.6 Å². The fourth-order valence-electron chi connectivity index (χ4n) is 1.73. The van der Waals surface area contributed by atoms with Crippen molar-refractivity contribution in [2.75, 3.05) is 19.8 Å². The van der Waals surface area contributed by atoms with Crippen LogP contribution < -0.4 is 5.73 Å². The van der Waals surface area contributed by atoms with Gasteiger partial charge in [-0.25, -0.2) is 0 Å². The van der Waals surface area contributed by atoms with Gasteiger partial charge in [-0.05, 0) is 31.7 Å². The molecule has 1 unspecified atom stereocenters. The van der Waals surface area contributed by atoms with Crippen molar-refractivity contribution >= 4 is 5.78 Å². The van der Waals surface area contributed by atoms with Crippen molar-refractivity contribution < 1.29 is 9.53 Å². The second kappa shape index (κ2) is 6.14. The molecule has 1 rings (SSSR count). The number of carbonyl (C=O) groups is 1. The zero-order valence-corrected chi connectivity index (χ0v) is 9.00. The zero-order valence-electron chi connectivity index (χ0n) is 9.00. The Hall–Kier alpha value is -0.410. The third-order valence-electron chi connectivity index (χ3n) is 2.96. The van der Waals surface area contributed by atoms with Crippen LogP contribution >= 0.6 is 0 Å². The van der Waals surface area contributed by atoms with Crippen LogP contribution in [0.3, 0.4) is 0 Å². The van der Waals surface area contributed by atoms with Gasteiger partial charge < -0.3 is 10.5 Å². The van der Waals surface area contributed by atoms with E-state index in [0.29, 0.717) is 24.7 Å². The van der Waals surface area contributed by atoms with Crippen molar-refractivity contribution in [3.05, 3.63) is 0 Å². The van der Waals surface area contributed by atoms with Gasteiger partial charge in [-0.3, -0.25) is 4.79 Å². The smallest absolute Gasteiger partial charge is 0.136 e. The van der Waals surface area contributed by atoms with Crippen molar-refractivity contribution in [3.63, 3.8) is 0 Å². The number of ketones is 1. The molecule has 1 aliphatic heterocycles. The summed E-state index contributed by atoms with van der Waals surface area (Å²) in [6.45, 7) is 4.28. The highest BCUT2D eigenvalue weighted by Crippen LogP contribution is 2.19. The Bertz CT molecular complexity index is 176. The first-order valence-electron chi connectivity index (χ1n) is 5.54. The van der Waals surface area contributed by atoms with E-state index in [9.17, 15) is 4.79 Å². The van der Waals surface area contributed by atoms with Crippen LogP contribution in [0.25, 0.3) is 0 Å². The molecule has 0 amide bonds. The van der Waals surface area contributed by atoms with Crippen LogP contribution in [0.15, 0.2) is 0 Å². The van der Waals surface area contributed by atoms with Gasteiger partial charge in [-0.1, -0.05) is 6.92 Å². The maximum Gasteiger partial charge on any atom is 0.136 e. The molecule has 0 aromatic rings. The molecule has 0 saturated carbocycles. The van der Waals surface area contributed by atoms with E-state index in [1.54, 1.807) is 0 Å². The molecule has 0 aromatic heterocycles. The number of Topliss-reactive ketones (excluding diaryl/α,β-unsaturated/α-hetero) is 1. The molecular formula is C11H21NO2. The van der Waals surface area contributed by atoms with E-state index in [1.165, 1.54) is 0 Å². The highest BCUT2D eigenvalue weighted by atomic mass is 16.5. The largest absolute Gasteiger partial charge is 0.381 e. The van der Waals surface area contributed by atoms with Crippen molar-refractivity contribution in [3.8, 4) is 0 Å². The van der Waals surface area contributed by atoms with E-state index in [1.807, 2.05) is 0 Å². The molecule has 0 aromatic carbocycles. The maximum atomic E-state index is 11.7. The minimum Gasteiger partial charge on any atom is -0.381 e. The summed E-state index contributed by atoms with van der Waals surface area (Å²) in [5, 5.41) is 0. The van der Waals surface area contributed by atoms with E-state index >= 15 is 0 Å².